The number of amides is 1. The van der Waals surface area contributed by atoms with Crippen molar-refractivity contribution in [3.05, 3.63) is 48.4 Å². The Morgan fingerprint density at radius 3 is 2.75 bits per heavy atom. The number of Topliss-reactive ketones (excluding diaryl/α,β-unsaturated/α-hetero) is 1. The van der Waals surface area contributed by atoms with E-state index in [4.69, 9.17) is 9.15 Å². The van der Waals surface area contributed by atoms with E-state index in [0.717, 1.165) is 4.90 Å². The van der Waals surface area contributed by atoms with E-state index < -0.39 is 5.97 Å². The molecule has 2 rings (SSSR count). The molecule has 0 unspecified atom stereocenters. The van der Waals surface area contributed by atoms with Gasteiger partial charge in [0.25, 0.3) is 5.91 Å². The van der Waals surface area contributed by atoms with Crippen LogP contribution in [0.2, 0.25) is 0 Å². The van der Waals surface area contributed by atoms with Crippen molar-refractivity contribution in [2.75, 3.05) is 17.7 Å². The van der Waals surface area contributed by atoms with Crippen LogP contribution in [-0.4, -0.2) is 30.0 Å². The van der Waals surface area contributed by atoms with E-state index in [1.807, 2.05) is 6.07 Å². The average Bonchev–Trinajstić information content (AvgIpc) is 3.08. The minimum atomic E-state index is -0.512. The fourth-order valence-corrected chi connectivity index (χ4v) is 2.67. The molecule has 0 aliphatic carbocycles. The molecule has 0 bridgehead atoms. The SMILES string of the molecule is CCOC(=O)CC(=O)CSc1cccc(NC(=O)c2ccco2)c1. The molecule has 2 aromatic rings. The number of hydrogen-bond donors (Lipinski definition) is 1. The summed E-state index contributed by atoms with van der Waals surface area (Å²) in [5, 5.41) is 2.72. The third kappa shape index (κ3) is 5.58. The highest BCUT2D eigenvalue weighted by Gasteiger charge is 2.12. The zero-order valence-corrected chi connectivity index (χ0v) is 13.9. The summed E-state index contributed by atoms with van der Waals surface area (Å²) in [6.45, 7) is 1.95. The fraction of sp³-hybridized carbons (Fsp3) is 0.235. The number of anilines is 1. The number of ketones is 1. The molecule has 0 aliphatic rings. The van der Waals surface area contributed by atoms with Crippen molar-refractivity contribution in [1.82, 2.24) is 0 Å². The van der Waals surface area contributed by atoms with Crippen molar-refractivity contribution in [2.24, 2.45) is 0 Å². The molecule has 24 heavy (non-hydrogen) atoms. The largest absolute Gasteiger partial charge is 0.466 e. The van der Waals surface area contributed by atoms with Crippen LogP contribution in [0.5, 0.6) is 0 Å². The maximum Gasteiger partial charge on any atom is 0.313 e. The molecule has 1 amide bonds. The van der Waals surface area contributed by atoms with Gasteiger partial charge in [0.15, 0.2) is 11.5 Å². The average molecular weight is 347 g/mol. The van der Waals surface area contributed by atoms with E-state index in [2.05, 4.69) is 5.32 Å². The smallest absolute Gasteiger partial charge is 0.313 e. The summed E-state index contributed by atoms with van der Waals surface area (Å²) in [6.07, 6.45) is 1.20. The summed E-state index contributed by atoms with van der Waals surface area (Å²) in [4.78, 5) is 35.7. The second kappa shape index (κ2) is 8.93. The number of ether oxygens (including phenoxy) is 1. The Morgan fingerprint density at radius 1 is 1.21 bits per heavy atom. The van der Waals surface area contributed by atoms with Gasteiger partial charge in [-0.15, -0.1) is 11.8 Å². The minimum Gasteiger partial charge on any atom is -0.466 e. The number of thioether (sulfide) groups is 1. The topological polar surface area (TPSA) is 85.6 Å². The van der Waals surface area contributed by atoms with Crippen LogP contribution < -0.4 is 5.32 Å². The number of esters is 1. The van der Waals surface area contributed by atoms with Gasteiger partial charge in [0, 0.05) is 10.6 Å². The van der Waals surface area contributed by atoms with Gasteiger partial charge in [0.2, 0.25) is 0 Å². The summed E-state index contributed by atoms with van der Waals surface area (Å²) in [5.74, 6) is -0.682. The highest BCUT2D eigenvalue weighted by atomic mass is 32.2. The number of furan rings is 1. The molecule has 0 spiro atoms. The summed E-state index contributed by atoms with van der Waals surface area (Å²) < 4.78 is 9.77. The Bertz CT molecular complexity index is 712. The standard InChI is InChI=1S/C17H17NO5S/c1-2-22-16(20)10-13(19)11-24-14-6-3-5-12(9-14)18-17(21)15-7-4-8-23-15/h3-9H,2,10-11H2,1H3,(H,18,21). The highest BCUT2D eigenvalue weighted by molar-refractivity contribution is 8.00. The third-order valence-electron chi connectivity index (χ3n) is 2.88. The maximum absolute atomic E-state index is 11.9. The molecule has 1 N–H and O–H groups in total. The molecule has 7 heteroatoms. The van der Waals surface area contributed by atoms with Crippen LogP contribution in [0.25, 0.3) is 0 Å². The molecule has 0 saturated heterocycles. The van der Waals surface area contributed by atoms with Gasteiger partial charge in [-0.05, 0) is 37.3 Å². The fourth-order valence-electron chi connectivity index (χ4n) is 1.85. The maximum atomic E-state index is 11.9. The first kappa shape index (κ1) is 17.8. The number of carbonyl (C=O) groups is 3. The van der Waals surface area contributed by atoms with Gasteiger partial charge in [-0.25, -0.2) is 0 Å². The Hall–Kier alpha value is -2.54. The Morgan fingerprint density at radius 2 is 2.04 bits per heavy atom. The molecule has 0 radical (unpaired) electrons. The molecule has 0 saturated carbocycles. The lowest BCUT2D eigenvalue weighted by Crippen LogP contribution is -2.12. The van der Waals surface area contributed by atoms with Crippen molar-refractivity contribution >= 4 is 35.1 Å². The van der Waals surface area contributed by atoms with E-state index in [1.54, 1.807) is 37.3 Å². The first-order valence-electron chi connectivity index (χ1n) is 7.33. The molecule has 0 atom stereocenters. The highest BCUT2D eigenvalue weighted by Crippen LogP contribution is 2.22. The third-order valence-corrected chi connectivity index (χ3v) is 3.94. The Balaban J connectivity index is 1.87. The van der Waals surface area contributed by atoms with Crippen LogP contribution in [-0.2, 0) is 14.3 Å². The van der Waals surface area contributed by atoms with Crippen LogP contribution in [0, 0.1) is 0 Å². The number of carbonyl (C=O) groups excluding carboxylic acids is 3. The molecule has 0 aliphatic heterocycles. The van der Waals surface area contributed by atoms with Gasteiger partial charge in [-0.3, -0.25) is 14.4 Å². The van der Waals surface area contributed by atoms with Crippen LogP contribution in [0.4, 0.5) is 5.69 Å². The minimum absolute atomic E-state index is 0.161. The van der Waals surface area contributed by atoms with Crippen molar-refractivity contribution in [3.8, 4) is 0 Å². The van der Waals surface area contributed by atoms with Gasteiger partial charge in [0.1, 0.15) is 6.42 Å². The molecule has 6 nitrogen and oxygen atoms in total. The number of hydrogen-bond acceptors (Lipinski definition) is 6. The van der Waals surface area contributed by atoms with Gasteiger partial charge >= 0.3 is 5.97 Å². The quantitative estimate of drug-likeness (QED) is 0.448. The van der Waals surface area contributed by atoms with E-state index in [0.29, 0.717) is 5.69 Å². The van der Waals surface area contributed by atoms with Crippen molar-refractivity contribution in [2.45, 2.75) is 18.2 Å². The van der Waals surface area contributed by atoms with Crippen LogP contribution in [0.15, 0.2) is 52.0 Å². The zero-order valence-electron chi connectivity index (χ0n) is 13.1. The molecule has 1 aromatic carbocycles. The number of benzene rings is 1. The normalized spacial score (nSPS) is 10.2. The lowest BCUT2D eigenvalue weighted by Gasteiger charge is -2.06. The monoisotopic (exact) mass is 347 g/mol. The molecule has 0 fully saturated rings. The van der Waals surface area contributed by atoms with Crippen molar-refractivity contribution in [3.63, 3.8) is 0 Å². The predicted molar refractivity (Wildman–Crippen MR) is 90.1 cm³/mol. The van der Waals surface area contributed by atoms with Crippen LogP contribution in [0.3, 0.4) is 0 Å². The molecule has 1 aromatic heterocycles. The zero-order chi connectivity index (χ0) is 17.4. The van der Waals surface area contributed by atoms with Crippen LogP contribution >= 0.6 is 11.8 Å². The van der Waals surface area contributed by atoms with Gasteiger partial charge in [0.05, 0.1) is 18.6 Å². The second-order valence-electron chi connectivity index (χ2n) is 4.77. The molecule has 126 valence electrons. The summed E-state index contributed by atoms with van der Waals surface area (Å²) in [6, 6.07) is 10.3. The summed E-state index contributed by atoms with van der Waals surface area (Å²) >= 11 is 1.30. The first-order chi connectivity index (χ1) is 11.6. The Kier molecular flexibility index (Phi) is 6.62. The Labute approximate surface area is 143 Å². The molecule has 1 heterocycles. The van der Waals surface area contributed by atoms with E-state index in [-0.39, 0.29) is 36.2 Å². The summed E-state index contributed by atoms with van der Waals surface area (Å²) in [5.41, 5.74) is 0.597. The lowest BCUT2D eigenvalue weighted by molar-refractivity contribution is -0.145. The van der Waals surface area contributed by atoms with E-state index in [9.17, 15) is 14.4 Å². The molecular weight excluding hydrogens is 330 g/mol. The van der Waals surface area contributed by atoms with Gasteiger partial charge in [-0.1, -0.05) is 6.07 Å². The van der Waals surface area contributed by atoms with Crippen molar-refractivity contribution in [1.29, 1.82) is 0 Å². The number of nitrogens with one attached hydrogen (secondary N) is 1. The first-order valence-corrected chi connectivity index (χ1v) is 8.32. The number of rotatable bonds is 8. The van der Waals surface area contributed by atoms with E-state index >= 15 is 0 Å². The summed E-state index contributed by atoms with van der Waals surface area (Å²) in [7, 11) is 0. The van der Waals surface area contributed by atoms with Gasteiger partial charge in [-0.2, -0.15) is 0 Å². The lowest BCUT2D eigenvalue weighted by atomic mass is 10.3. The molecular formula is C17H17NO5S. The van der Waals surface area contributed by atoms with Crippen LogP contribution in [0.1, 0.15) is 23.9 Å². The van der Waals surface area contributed by atoms with Gasteiger partial charge < -0.3 is 14.5 Å². The van der Waals surface area contributed by atoms with E-state index in [1.165, 1.54) is 18.0 Å². The second-order valence-corrected chi connectivity index (χ2v) is 5.82. The van der Waals surface area contributed by atoms with Crippen molar-refractivity contribution < 1.29 is 23.5 Å². The predicted octanol–water partition coefficient (Wildman–Crippen LogP) is 3.15.